The summed E-state index contributed by atoms with van der Waals surface area (Å²) in [6, 6.07) is 12.7. The van der Waals surface area contributed by atoms with E-state index in [4.69, 9.17) is 4.74 Å². The minimum Gasteiger partial charge on any atom is -0.373 e. The van der Waals surface area contributed by atoms with Crippen LogP contribution in [-0.2, 0) is 11.3 Å². The second-order valence-corrected chi connectivity index (χ2v) is 6.91. The Bertz CT molecular complexity index is 642. The molecule has 0 saturated carbocycles. The fraction of sp³-hybridized carbons (Fsp3) is 0.526. The van der Waals surface area contributed by atoms with Crippen LogP contribution < -0.4 is 10.6 Å². The van der Waals surface area contributed by atoms with Gasteiger partial charge < -0.3 is 15.4 Å². The Kier molecular flexibility index (Phi) is 4.81. The molecule has 24 heavy (non-hydrogen) atoms. The molecule has 0 aliphatic carbocycles. The van der Waals surface area contributed by atoms with Crippen molar-refractivity contribution in [2.45, 2.75) is 25.5 Å². The lowest BCUT2D eigenvalue weighted by Crippen LogP contribution is -2.38. The highest BCUT2D eigenvalue weighted by atomic mass is 16.5. The van der Waals surface area contributed by atoms with E-state index in [2.05, 4.69) is 50.7 Å². The van der Waals surface area contributed by atoms with Gasteiger partial charge in [0.1, 0.15) is 5.82 Å². The number of nitrogens with one attached hydrogen (secondary N) is 2. The van der Waals surface area contributed by atoms with E-state index >= 15 is 0 Å². The van der Waals surface area contributed by atoms with Gasteiger partial charge in [-0.25, -0.2) is 4.68 Å². The van der Waals surface area contributed by atoms with Gasteiger partial charge >= 0.3 is 0 Å². The van der Waals surface area contributed by atoms with Crippen LogP contribution in [0.4, 0.5) is 5.82 Å². The fourth-order valence-electron chi connectivity index (χ4n) is 3.86. The van der Waals surface area contributed by atoms with Crippen LogP contribution in [0.1, 0.15) is 24.5 Å². The quantitative estimate of drug-likeness (QED) is 0.887. The first-order valence-corrected chi connectivity index (χ1v) is 9.03. The molecular weight excluding hydrogens is 300 g/mol. The molecule has 0 radical (unpaired) electrons. The number of nitrogens with zero attached hydrogens (tertiary/aromatic N) is 2. The molecule has 2 aliphatic rings. The van der Waals surface area contributed by atoms with Crippen molar-refractivity contribution in [1.82, 2.24) is 15.1 Å². The Morgan fingerprint density at radius 3 is 3.04 bits per heavy atom. The second-order valence-electron chi connectivity index (χ2n) is 6.91. The molecule has 128 valence electrons. The monoisotopic (exact) mass is 326 g/mol. The molecule has 1 saturated heterocycles. The van der Waals surface area contributed by atoms with E-state index in [1.54, 1.807) is 0 Å². The molecule has 1 aromatic heterocycles. The van der Waals surface area contributed by atoms with Crippen molar-refractivity contribution >= 4 is 5.82 Å². The highest BCUT2D eigenvalue weighted by molar-refractivity contribution is 5.35. The van der Waals surface area contributed by atoms with Crippen LogP contribution in [0.25, 0.3) is 0 Å². The molecule has 0 unspecified atom stereocenters. The summed E-state index contributed by atoms with van der Waals surface area (Å²) in [6.07, 6.45) is 4.49. The zero-order valence-corrected chi connectivity index (χ0v) is 14.0. The number of ether oxygens (including phenoxy) is 1. The Labute approximate surface area is 143 Å². The van der Waals surface area contributed by atoms with Crippen molar-refractivity contribution < 1.29 is 4.74 Å². The van der Waals surface area contributed by atoms with Crippen molar-refractivity contribution in [3.63, 3.8) is 0 Å². The number of fused-ring (bicyclic) bond motifs is 1. The van der Waals surface area contributed by atoms with E-state index in [1.807, 2.05) is 12.3 Å². The number of rotatable bonds is 5. The molecular formula is C19H26N4O. The van der Waals surface area contributed by atoms with Crippen LogP contribution in [0.2, 0.25) is 0 Å². The largest absolute Gasteiger partial charge is 0.373 e. The molecule has 0 bridgehead atoms. The number of hydrogen-bond acceptors (Lipinski definition) is 4. The summed E-state index contributed by atoms with van der Waals surface area (Å²) >= 11 is 0. The lowest BCUT2D eigenvalue weighted by atomic mass is 9.89. The first-order valence-electron chi connectivity index (χ1n) is 9.03. The van der Waals surface area contributed by atoms with Gasteiger partial charge in [0.05, 0.1) is 12.3 Å². The summed E-state index contributed by atoms with van der Waals surface area (Å²) in [6.45, 7) is 4.92. The van der Waals surface area contributed by atoms with Gasteiger partial charge in [-0.05, 0) is 18.4 Å². The van der Waals surface area contributed by atoms with Gasteiger partial charge in [0, 0.05) is 50.7 Å². The Hall–Kier alpha value is -1.85. The summed E-state index contributed by atoms with van der Waals surface area (Å²) in [5.41, 5.74) is 1.31. The van der Waals surface area contributed by atoms with Gasteiger partial charge in [0.2, 0.25) is 0 Å². The smallest absolute Gasteiger partial charge is 0.124 e. The predicted molar refractivity (Wildman–Crippen MR) is 94.9 cm³/mol. The predicted octanol–water partition coefficient (Wildman–Crippen LogP) is 2.68. The Morgan fingerprint density at radius 1 is 1.21 bits per heavy atom. The molecule has 2 aromatic rings. The summed E-state index contributed by atoms with van der Waals surface area (Å²) in [5, 5.41) is 11.5. The molecule has 0 amide bonds. The van der Waals surface area contributed by atoms with E-state index in [0.29, 0.717) is 11.8 Å². The van der Waals surface area contributed by atoms with Crippen molar-refractivity contribution in [3.8, 4) is 0 Å². The van der Waals surface area contributed by atoms with Crippen LogP contribution in [-0.4, -0.2) is 36.0 Å². The summed E-state index contributed by atoms with van der Waals surface area (Å²) < 4.78 is 8.15. The molecule has 5 heteroatoms. The van der Waals surface area contributed by atoms with E-state index in [-0.39, 0.29) is 6.10 Å². The summed E-state index contributed by atoms with van der Waals surface area (Å²) in [7, 11) is 0. The number of benzene rings is 1. The number of anilines is 1. The number of aromatic nitrogens is 2. The average molecular weight is 326 g/mol. The van der Waals surface area contributed by atoms with E-state index in [1.165, 1.54) is 12.0 Å². The van der Waals surface area contributed by atoms with Crippen LogP contribution >= 0.6 is 0 Å². The van der Waals surface area contributed by atoms with Crippen molar-refractivity contribution in [1.29, 1.82) is 0 Å². The third kappa shape index (κ3) is 3.47. The third-order valence-corrected chi connectivity index (χ3v) is 5.13. The molecule has 1 aromatic carbocycles. The molecule has 2 N–H and O–H groups in total. The van der Waals surface area contributed by atoms with Crippen LogP contribution in [0.5, 0.6) is 0 Å². The maximum Gasteiger partial charge on any atom is 0.124 e. The molecule has 2 aliphatic heterocycles. The zero-order valence-electron chi connectivity index (χ0n) is 14.0. The van der Waals surface area contributed by atoms with Gasteiger partial charge in [0.25, 0.3) is 0 Å². The standard InChI is InChI=1S/C19H26N4O/c1-2-5-16(6-3-1)19-17(7-4-10-24-19)13-20-11-15-12-21-18-8-9-22-23(18)14-15/h1-3,5-6,8-9,15,17,19-21H,4,7,10-14H2/t15-,17-,19-/m0/s1. The molecule has 5 nitrogen and oxygen atoms in total. The molecule has 3 heterocycles. The minimum atomic E-state index is 0.231. The minimum absolute atomic E-state index is 0.231. The molecule has 0 spiro atoms. The van der Waals surface area contributed by atoms with Crippen molar-refractivity contribution in [3.05, 3.63) is 48.2 Å². The lowest BCUT2D eigenvalue weighted by Gasteiger charge is -2.33. The summed E-state index contributed by atoms with van der Waals surface area (Å²) in [4.78, 5) is 0. The molecule has 1 fully saturated rings. The van der Waals surface area contributed by atoms with Gasteiger partial charge in [-0.1, -0.05) is 30.3 Å². The van der Waals surface area contributed by atoms with E-state index in [9.17, 15) is 0 Å². The first kappa shape index (κ1) is 15.7. The maximum atomic E-state index is 6.09. The molecule has 4 rings (SSSR count). The van der Waals surface area contributed by atoms with Crippen LogP contribution in [0.3, 0.4) is 0 Å². The maximum absolute atomic E-state index is 6.09. The highest BCUT2D eigenvalue weighted by Gasteiger charge is 2.27. The SMILES string of the molecule is c1ccc([C@@H]2OCCC[C@H]2CNC[C@H]2CNc3ccnn3C2)cc1. The van der Waals surface area contributed by atoms with Crippen LogP contribution in [0.15, 0.2) is 42.6 Å². The highest BCUT2D eigenvalue weighted by Crippen LogP contribution is 2.33. The van der Waals surface area contributed by atoms with Crippen molar-refractivity contribution in [2.75, 3.05) is 31.6 Å². The fourth-order valence-corrected chi connectivity index (χ4v) is 3.86. The lowest BCUT2D eigenvalue weighted by molar-refractivity contribution is -0.0279. The second kappa shape index (κ2) is 7.36. The number of hydrogen-bond donors (Lipinski definition) is 2. The third-order valence-electron chi connectivity index (χ3n) is 5.13. The first-order chi connectivity index (χ1) is 11.9. The topological polar surface area (TPSA) is 51.1 Å². The van der Waals surface area contributed by atoms with E-state index in [0.717, 1.165) is 45.0 Å². The Morgan fingerprint density at radius 2 is 2.12 bits per heavy atom. The van der Waals surface area contributed by atoms with Crippen LogP contribution in [0, 0.1) is 11.8 Å². The van der Waals surface area contributed by atoms with Gasteiger partial charge in [-0.3, -0.25) is 0 Å². The van der Waals surface area contributed by atoms with E-state index < -0.39 is 0 Å². The van der Waals surface area contributed by atoms with Gasteiger partial charge in [-0.15, -0.1) is 0 Å². The normalized spacial score (nSPS) is 26.6. The molecule has 3 atom stereocenters. The van der Waals surface area contributed by atoms with Gasteiger partial charge in [0.15, 0.2) is 0 Å². The van der Waals surface area contributed by atoms with Gasteiger partial charge in [-0.2, -0.15) is 5.10 Å². The van der Waals surface area contributed by atoms with Crippen molar-refractivity contribution in [2.24, 2.45) is 11.8 Å². The summed E-state index contributed by atoms with van der Waals surface area (Å²) in [5.74, 6) is 2.27. The Balaban J connectivity index is 1.30. The average Bonchev–Trinajstić information content (AvgIpc) is 3.11. The zero-order chi connectivity index (χ0) is 16.2.